The number of piperidine rings is 1. The maximum Gasteiger partial charge on any atom is 0.321 e. The van der Waals surface area contributed by atoms with Crippen molar-refractivity contribution in [3.63, 3.8) is 0 Å². The average molecular weight is 365 g/mol. The van der Waals surface area contributed by atoms with Crippen LogP contribution in [0.1, 0.15) is 12.8 Å². The molecule has 3 fully saturated rings. The van der Waals surface area contributed by atoms with Crippen LogP contribution in [0.3, 0.4) is 0 Å². The number of carbonyl (C=O) groups is 2. The van der Waals surface area contributed by atoms with Crippen LogP contribution in [0.4, 0.5) is 10.5 Å². The molecule has 3 heterocycles. The Hall–Kier alpha value is -3.02. The first-order valence-corrected chi connectivity index (χ1v) is 9.24. The molecule has 6 heteroatoms. The van der Waals surface area contributed by atoms with Crippen LogP contribution < -0.4 is 15.4 Å². The van der Waals surface area contributed by atoms with Gasteiger partial charge in [0.25, 0.3) is 0 Å². The fourth-order valence-electron chi connectivity index (χ4n) is 3.82. The van der Waals surface area contributed by atoms with E-state index in [1.165, 1.54) is 0 Å². The lowest BCUT2D eigenvalue weighted by Crippen LogP contribution is -2.44. The Labute approximate surface area is 158 Å². The van der Waals surface area contributed by atoms with E-state index in [1.807, 2.05) is 48.5 Å². The highest BCUT2D eigenvalue weighted by Crippen LogP contribution is 2.30. The lowest BCUT2D eigenvalue weighted by atomic mass is 9.96. The van der Waals surface area contributed by atoms with Crippen molar-refractivity contribution in [2.24, 2.45) is 5.92 Å². The van der Waals surface area contributed by atoms with Gasteiger partial charge in [-0.05, 0) is 36.6 Å². The number of hydrogen-bond donors (Lipinski definition) is 2. The third kappa shape index (κ3) is 3.60. The Balaban J connectivity index is 1.54. The second-order valence-corrected chi connectivity index (χ2v) is 7.09. The molecule has 0 aromatic heterocycles. The highest BCUT2D eigenvalue weighted by atomic mass is 16.5. The smallest absolute Gasteiger partial charge is 0.321 e. The van der Waals surface area contributed by atoms with E-state index in [0.29, 0.717) is 13.1 Å². The van der Waals surface area contributed by atoms with Crippen LogP contribution in [0.25, 0.3) is 11.1 Å². The van der Waals surface area contributed by atoms with Gasteiger partial charge in [-0.1, -0.05) is 30.3 Å². The summed E-state index contributed by atoms with van der Waals surface area (Å²) in [6.07, 6.45) is 1.78. The highest BCUT2D eigenvalue weighted by Gasteiger charge is 2.36. The van der Waals surface area contributed by atoms with Crippen LogP contribution in [0.2, 0.25) is 0 Å². The number of urea groups is 1. The molecule has 3 aliphatic heterocycles. The van der Waals surface area contributed by atoms with E-state index in [-0.39, 0.29) is 23.9 Å². The molecule has 0 aliphatic carbocycles. The van der Waals surface area contributed by atoms with Crippen molar-refractivity contribution in [2.75, 3.05) is 25.5 Å². The van der Waals surface area contributed by atoms with Gasteiger partial charge in [0.2, 0.25) is 5.91 Å². The highest BCUT2D eigenvalue weighted by molar-refractivity contribution is 5.95. The lowest BCUT2D eigenvalue weighted by Gasteiger charge is -2.23. The van der Waals surface area contributed by atoms with Crippen molar-refractivity contribution in [1.29, 1.82) is 0 Å². The van der Waals surface area contributed by atoms with Crippen LogP contribution >= 0.6 is 0 Å². The van der Waals surface area contributed by atoms with Gasteiger partial charge in [-0.3, -0.25) is 4.79 Å². The van der Waals surface area contributed by atoms with E-state index in [0.717, 1.165) is 35.4 Å². The quantitative estimate of drug-likeness (QED) is 0.878. The summed E-state index contributed by atoms with van der Waals surface area (Å²) in [6.45, 7) is 1.03. The Kier molecular flexibility index (Phi) is 4.71. The maximum atomic E-state index is 12.9. The average Bonchev–Trinajstić information content (AvgIpc) is 3.00. The number of amides is 3. The summed E-state index contributed by atoms with van der Waals surface area (Å²) in [6, 6.07) is 15.4. The molecular formula is C21H23N3O3. The van der Waals surface area contributed by atoms with Gasteiger partial charge in [-0.15, -0.1) is 0 Å². The van der Waals surface area contributed by atoms with E-state index in [4.69, 9.17) is 4.74 Å². The van der Waals surface area contributed by atoms with Crippen molar-refractivity contribution in [3.05, 3.63) is 48.5 Å². The fourth-order valence-corrected chi connectivity index (χ4v) is 3.82. The molecule has 0 saturated carbocycles. The molecule has 27 heavy (non-hydrogen) atoms. The number of carbonyl (C=O) groups excluding carboxylic acids is 2. The Bertz CT molecular complexity index is 850. The number of ether oxygens (including phenoxy) is 1. The number of para-hydroxylation sites is 1. The van der Waals surface area contributed by atoms with Crippen LogP contribution in [0.5, 0.6) is 5.75 Å². The number of rotatable bonds is 3. The molecule has 2 N–H and O–H groups in total. The second-order valence-electron chi connectivity index (χ2n) is 7.09. The summed E-state index contributed by atoms with van der Waals surface area (Å²) in [4.78, 5) is 26.7. The summed E-state index contributed by atoms with van der Waals surface area (Å²) in [5.74, 6) is 0.754. The molecule has 3 saturated heterocycles. The summed E-state index contributed by atoms with van der Waals surface area (Å²) in [5.41, 5.74) is 2.70. The number of methoxy groups -OCH3 is 1. The summed E-state index contributed by atoms with van der Waals surface area (Å²) >= 11 is 0. The van der Waals surface area contributed by atoms with Crippen molar-refractivity contribution >= 4 is 17.6 Å². The molecule has 0 spiro atoms. The number of benzene rings is 2. The first-order chi connectivity index (χ1) is 13.1. The zero-order valence-corrected chi connectivity index (χ0v) is 15.3. The maximum absolute atomic E-state index is 12.9. The molecule has 6 nitrogen and oxygen atoms in total. The number of fused-ring (bicyclic) bond motifs is 4. The first-order valence-electron chi connectivity index (χ1n) is 9.24. The van der Waals surface area contributed by atoms with Crippen LogP contribution in [0.15, 0.2) is 48.5 Å². The first kappa shape index (κ1) is 17.4. The number of nitrogens with one attached hydrogen (secondary N) is 2. The van der Waals surface area contributed by atoms with Gasteiger partial charge in [0, 0.05) is 24.7 Å². The standard InChI is InChI=1S/C21H23N3O3/c1-27-17-10-7-14(8-11-17)18-4-2-3-5-19(18)23-21(26)24-12-15-6-9-16(13-24)22-20(15)25/h2-5,7-8,10-11,15-16H,6,9,12-13H2,1H3,(H,22,25)(H,23,26)/t15-,16+/m1/s1. The zero-order chi connectivity index (χ0) is 18.8. The minimum absolute atomic E-state index is 0.0545. The van der Waals surface area contributed by atoms with Gasteiger partial charge >= 0.3 is 6.03 Å². The van der Waals surface area contributed by atoms with Gasteiger partial charge in [0.1, 0.15) is 5.75 Å². The molecule has 2 atom stereocenters. The molecular weight excluding hydrogens is 342 g/mol. The largest absolute Gasteiger partial charge is 0.497 e. The topological polar surface area (TPSA) is 70.7 Å². The zero-order valence-electron chi connectivity index (χ0n) is 15.3. The van der Waals surface area contributed by atoms with Crippen LogP contribution in [-0.2, 0) is 4.79 Å². The minimum Gasteiger partial charge on any atom is -0.497 e. The fraction of sp³-hybridized carbons (Fsp3) is 0.333. The normalized spacial score (nSPS) is 21.4. The van der Waals surface area contributed by atoms with E-state index >= 15 is 0 Å². The Morgan fingerprint density at radius 2 is 1.89 bits per heavy atom. The number of anilines is 1. The summed E-state index contributed by atoms with van der Waals surface area (Å²) < 4.78 is 5.22. The van der Waals surface area contributed by atoms with E-state index in [1.54, 1.807) is 12.0 Å². The third-order valence-corrected chi connectivity index (χ3v) is 5.32. The van der Waals surface area contributed by atoms with E-state index in [2.05, 4.69) is 10.6 Å². The molecule has 2 aromatic rings. The van der Waals surface area contributed by atoms with Gasteiger partial charge in [-0.25, -0.2) is 4.79 Å². The van der Waals surface area contributed by atoms with Crippen molar-refractivity contribution < 1.29 is 14.3 Å². The van der Waals surface area contributed by atoms with Gasteiger partial charge in [0.05, 0.1) is 18.7 Å². The molecule has 2 bridgehead atoms. The third-order valence-electron chi connectivity index (χ3n) is 5.32. The van der Waals surface area contributed by atoms with Crippen LogP contribution in [0, 0.1) is 5.92 Å². The Morgan fingerprint density at radius 3 is 2.63 bits per heavy atom. The summed E-state index contributed by atoms with van der Waals surface area (Å²) in [5, 5.41) is 6.04. The van der Waals surface area contributed by atoms with Gasteiger partial charge in [-0.2, -0.15) is 0 Å². The molecule has 3 aliphatic rings. The molecule has 0 radical (unpaired) electrons. The summed E-state index contributed by atoms with van der Waals surface area (Å²) in [7, 11) is 1.64. The monoisotopic (exact) mass is 365 g/mol. The molecule has 5 rings (SSSR count). The predicted molar refractivity (Wildman–Crippen MR) is 104 cm³/mol. The van der Waals surface area contributed by atoms with E-state index < -0.39 is 0 Å². The number of nitrogens with zero attached hydrogens (tertiary/aromatic N) is 1. The molecule has 140 valence electrons. The second kappa shape index (κ2) is 7.31. The van der Waals surface area contributed by atoms with Gasteiger partial charge < -0.3 is 20.3 Å². The molecule has 3 amide bonds. The molecule has 2 aromatic carbocycles. The van der Waals surface area contributed by atoms with Crippen molar-refractivity contribution in [3.8, 4) is 16.9 Å². The lowest BCUT2D eigenvalue weighted by molar-refractivity contribution is -0.126. The van der Waals surface area contributed by atoms with Crippen molar-refractivity contribution in [2.45, 2.75) is 18.9 Å². The Morgan fingerprint density at radius 1 is 1.11 bits per heavy atom. The predicted octanol–water partition coefficient (Wildman–Crippen LogP) is 3.10. The van der Waals surface area contributed by atoms with Gasteiger partial charge in [0.15, 0.2) is 0 Å². The van der Waals surface area contributed by atoms with E-state index in [9.17, 15) is 9.59 Å². The minimum atomic E-state index is -0.163. The molecule has 0 unspecified atom stereocenters. The SMILES string of the molecule is COc1ccc(-c2ccccc2NC(=O)N2C[C@@H]3CC[C@H](C2)C(=O)N3)cc1. The van der Waals surface area contributed by atoms with Crippen molar-refractivity contribution in [1.82, 2.24) is 10.2 Å². The number of hydrogen-bond acceptors (Lipinski definition) is 3. The van der Waals surface area contributed by atoms with Crippen LogP contribution in [-0.4, -0.2) is 43.1 Å².